The molecule has 1 aromatic carbocycles. The molecule has 0 nitrogen and oxygen atoms in total. The molecule has 93 valence electrons. The van der Waals surface area contributed by atoms with Crippen LogP contribution in [0.3, 0.4) is 0 Å². The van der Waals surface area contributed by atoms with Gasteiger partial charge in [-0.05, 0) is 0 Å². The van der Waals surface area contributed by atoms with E-state index in [1.807, 2.05) is 0 Å². The van der Waals surface area contributed by atoms with Gasteiger partial charge in [-0.3, -0.25) is 0 Å². The van der Waals surface area contributed by atoms with Crippen molar-refractivity contribution in [1.29, 1.82) is 0 Å². The maximum absolute atomic E-state index is 2.34. The Morgan fingerprint density at radius 3 is 2.40 bits per heavy atom. The van der Waals surface area contributed by atoms with E-state index in [9.17, 15) is 0 Å². The van der Waals surface area contributed by atoms with Crippen LogP contribution in [-0.2, 0) is 0 Å². The predicted molar refractivity (Wildman–Crippen MR) is 67.9 cm³/mol. The number of unbranched alkanes of at least 4 members (excludes halogenated alkanes) is 2. The summed E-state index contributed by atoms with van der Waals surface area (Å²) in [4.78, 5) is 0. The number of rotatable bonds is 7. The van der Waals surface area contributed by atoms with Crippen LogP contribution in [-0.4, -0.2) is 6.16 Å². The number of benzene rings is 1. The second-order valence-corrected chi connectivity index (χ2v) is 10.4. The first-order valence-electron chi connectivity index (χ1n) is 5.66. The molecule has 0 N–H and O–H groups in total. The summed E-state index contributed by atoms with van der Waals surface area (Å²) in [5.74, 6) is 0. The van der Waals surface area contributed by atoms with Crippen molar-refractivity contribution in [2.24, 2.45) is 0 Å². The third kappa shape index (κ3) is 5.66. The Hall–Kier alpha value is 0.884. The van der Waals surface area contributed by atoms with Gasteiger partial charge in [0.2, 0.25) is 0 Å². The minimum atomic E-state index is 0.171. The van der Waals surface area contributed by atoms with Crippen molar-refractivity contribution < 1.29 is 32.3 Å². The fraction of sp³-hybridized carbons (Fsp3) is 0.538. The molecular formula is C13H21LuP. The van der Waals surface area contributed by atoms with Gasteiger partial charge in [-0.1, -0.05) is 0 Å². The summed E-state index contributed by atoms with van der Waals surface area (Å²) >= 11 is 1.05. The Bertz CT molecular complexity index is 248. The van der Waals surface area contributed by atoms with Crippen LogP contribution in [0.15, 0.2) is 30.3 Å². The molecule has 0 aliphatic rings. The Balaban J connectivity index is 2.36. The van der Waals surface area contributed by atoms with Crippen LogP contribution in [0.1, 0.15) is 33.1 Å². The third-order valence-corrected chi connectivity index (χ3v) is 10.1. The molecule has 0 bridgehead atoms. The van der Waals surface area contributed by atoms with E-state index in [-0.39, 0.29) is 3.48 Å². The SMILES string of the molecule is CCCC[CH2][Lu][P](CC)c1ccccc1. The summed E-state index contributed by atoms with van der Waals surface area (Å²) in [7, 11) is 0. The first-order valence-corrected chi connectivity index (χ1v) is 10.4. The van der Waals surface area contributed by atoms with Gasteiger partial charge in [-0.25, -0.2) is 0 Å². The molecule has 0 aliphatic heterocycles. The van der Waals surface area contributed by atoms with Crippen molar-refractivity contribution in [2.75, 3.05) is 6.16 Å². The van der Waals surface area contributed by atoms with Crippen LogP contribution in [0, 0.1) is 32.3 Å². The van der Waals surface area contributed by atoms with E-state index in [0.717, 1.165) is 32.3 Å². The first-order chi connectivity index (χ1) is 7.38. The molecule has 0 spiro atoms. The van der Waals surface area contributed by atoms with Crippen LogP contribution in [0.4, 0.5) is 0 Å². The second-order valence-electron chi connectivity index (χ2n) is 3.37. The van der Waals surface area contributed by atoms with Gasteiger partial charge >= 0.3 is 113 Å². The van der Waals surface area contributed by atoms with Gasteiger partial charge in [-0.2, -0.15) is 0 Å². The zero-order chi connectivity index (χ0) is 10.9. The van der Waals surface area contributed by atoms with Crippen LogP contribution in [0.2, 0.25) is 2.64 Å². The van der Waals surface area contributed by atoms with Gasteiger partial charge in [0, 0.05) is 0 Å². The van der Waals surface area contributed by atoms with Crippen molar-refractivity contribution >= 4 is 8.78 Å². The van der Waals surface area contributed by atoms with Crippen LogP contribution >= 0.6 is 3.48 Å². The molecular weight excluding hydrogens is 362 g/mol. The first kappa shape index (κ1) is 13.9. The average Bonchev–Trinajstić information content (AvgIpc) is 2.30. The van der Waals surface area contributed by atoms with Crippen molar-refractivity contribution in [2.45, 2.75) is 35.8 Å². The monoisotopic (exact) mass is 383 g/mol. The zero-order valence-corrected chi connectivity index (χ0v) is 12.2. The predicted octanol–water partition coefficient (Wildman–Crippen LogP) is 4.42. The molecule has 0 aromatic heterocycles. The van der Waals surface area contributed by atoms with Crippen LogP contribution < -0.4 is 5.30 Å². The fourth-order valence-electron chi connectivity index (χ4n) is 1.28. The maximum atomic E-state index is 2.34. The van der Waals surface area contributed by atoms with Gasteiger partial charge in [0.15, 0.2) is 0 Å². The van der Waals surface area contributed by atoms with Crippen LogP contribution in [0.5, 0.6) is 0 Å². The number of hydrogen-bond acceptors (Lipinski definition) is 0. The van der Waals surface area contributed by atoms with E-state index in [4.69, 9.17) is 0 Å². The topological polar surface area (TPSA) is 0 Å². The normalized spacial score (nSPS) is 12.9. The molecule has 1 aromatic rings. The number of hydrogen-bond donors (Lipinski definition) is 0. The molecule has 1 unspecified atom stereocenters. The van der Waals surface area contributed by atoms with Gasteiger partial charge in [-0.15, -0.1) is 0 Å². The minimum absolute atomic E-state index is 0.171. The van der Waals surface area contributed by atoms with Gasteiger partial charge < -0.3 is 0 Å². The summed E-state index contributed by atoms with van der Waals surface area (Å²) in [6.07, 6.45) is 5.56. The fourth-order valence-corrected chi connectivity index (χ4v) is 7.84. The molecule has 15 heavy (non-hydrogen) atoms. The van der Waals surface area contributed by atoms with Gasteiger partial charge in [0.1, 0.15) is 0 Å². The van der Waals surface area contributed by atoms with Crippen molar-refractivity contribution in [3.63, 3.8) is 0 Å². The Labute approximate surface area is 112 Å². The van der Waals surface area contributed by atoms with Crippen molar-refractivity contribution in [1.82, 2.24) is 0 Å². The van der Waals surface area contributed by atoms with Crippen molar-refractivity contribution in [3.05, 3.63) is 30.3 Å². The molecule has 0 aliphatic carbocycles. The standard InChI is InChI=1S/C8H10P.C5H11.Lu/c1-2-9-8-6-4-3-5-7-8;1-3-5-4-2;/h3-7H,2H2,1H3;1,3-5H2,2H3;/q-1;;+1. The average molecular weight is 383 g/mol. The quantitative estimate of drug-likeness (QED) is 0.483. The molecule has 1 atom stereocenters. The molecule has 0 radical (unpaired) electrons. The van der Waals surface area contributed by atoms with E-state index in [1.165, 1.54) is 28.1 Å². The van der Waals surface area contributed by atoms with Gasteiger partial charge in [0.25, 0.3) is 0 Å². The Morgan fingerprint density at radius 2 is 1.80 bits per heavy atom. The van der Waals surface area contributed by atoms with E-state index in [1.54, 1.807) is 5.30 Å². The third-order valence-electron chi connectivity index (χ3n) is 2.10. The summed E-state index contributed by atoms with van der Waals surface area (Å²) < 4.78 is 1.63. The van der Waals surface area contributed by atoms with E-state index in [0.29, 0.717) is 0 Å². The Kier molecular flexibility index (Phi) is 8.34. The summed E-state index contributed by atoms with van der Waals surface area (Å²) in [5, 5.41) is 1.61. The summed E-state index contributed by atoms with van der Waals surface area (Å²) in [6.45, 7) is 4.62. The van der Waals surface area contributed by atoms with E-state index >= 15 is 0 Å². The van der Waals surface area contributed by atoms with Crippen molar-refractivity contribution in [3.8, 4) is 0 Å². The molecule has 0 saturated heterocycles. The molecule has 2 heteroatoms. The summed E-state index contributed by atoms with van der Waals surface area (Å²) in [5.41, 5.74) is 0. The Morgan fingerprint density at radius 1 is 1.07 bits per heavy atom. The molecule has 0 fully saturated rings. The van der Waals surface area contributed by atoms with E-state index < -0.39 is 0 Å². The molecule has 1 rings (SSSR count). The van der Waals surface area contributed by atoms with E-state index in [2.05, 4.69) is 44.2 Å². The summed E-state index contributed by atoms with van der Waals surface area (Å²) in [6, 6.07) is 11.1. The van der Waals surface area contributed by atoms with Gasteiger partial charge in [0.05, 0.1) is 0 Å². The zero-order valence-electron chi connectivity index (χ0n) is 9.63. The second kappa shape index (κ2) is 8.97. The molecule has 0 saturated carbocycles. The molecule has 0 amide bonds. The van der Waals surface area contributed by atoms with Crippen LogP contribution in [0.25, 0.3) is 0 Å². The molecule has 0 heterocycles.